The lowest BCUT2D eigenvalue weighted by Crippen LogP contribution is -2.44. The number of nitrogens with one attached hydrogen (secondary N) is 2. The van der Waals surface area contributed by atoms with Crippen molar-refractivity contribution in [3.63, 3.8) is 0 Å². The van der Waals surface area contributed by atoms with E-state index in [1.807, 2.05) is 33.8 Å². The standard InChI is InChI=1S/C18H30ClN5O2/c1-6-24(17(25)26-18(2,3)4)12-11-22-16(20-5)21-10-9-14-7-8-15(19)23-13-14/h7-8,13H,6,9-12H2,1-5H3,(H2,20,21,22). The highest BCUT2D eigenvalue weighted by Crippen LogP contribution is 2.09. The number of pyridine rings is 1. The Kier molecular flexibility index (Phi) is 9.19. The first-order chi connectivity index (χ1) is 12.2. The van der Waals surface area contributed by atoms with Crippen LogP contribution in [-0.4, -0.2) is 60.8 Å². The van der Waals surface area contributed by atoms with E-state index in [2.05, 4.69) is 20.6 Å². The largest absolute Gasteiger partial charge is 0.444 e. The second-order valence-electron chi connectivity index (χ2n) is 6.72. The van der Waals surface area contributed by atoms with Crippen LogP contribution in [0.4, 0.5) is 4.79 Å². The molecule has 0 aliphatic carbocycles. The van der Waals surface area contributed by atoms with Crippen LogP contribution in [-0.2, 0) is 11.2 Å². The lowest BCUT2D eigenvalue weighted by atomic mass is 10.2. The summed E-state index contributed by atoms with van der Waals surface area (Å²) in [5.74, 6) is 0.687. The Morgan fingerprint density at radius 3 is 2.54 bits per heavy atom. The van der Waals surface area contributed by atoms with Gasteiger partial charge >= 0.3 is 6.09 Å². The maximum Gasteiger partial charge on any atom is 0.410 e. The molecule has 0 atom stereocenters. The number of ether oxygens (including phenoxy) is 1. The number of nitrogens with zero attached hydrogens (tertiary/aromatic N) is 3. The van der Waals surface area contributed by atoms with Gasteiger partial charge in [-0.05, 0) is 45.7 Å². The topological polar surface area (TPSA) is 78.9 Å². The van der Waals surface area contributed by atoms with Crippen molar-refractivity contribution in [2.24, 2.45) is 4.99 Å². The number of aliphatic imine (C=N–C) groups is 1. The Bertz CT molecular complexity index is 584. The molecule has 8 heteroatoms. The first-order valence-electron chi connectivity index (χ1n) is 8.78. The van der Waals surface area contributed by atoms with Crippen LogP contribution in [0.15, 0.2) is 23.3 Å². The fourth-order valence-electron chi connectivity index (χ4n) is 2.11. The number of rotatable bonds is 7. The Morgan fingerprint density at radius 1 is 1.31 bits per heavy atom. The third kappa shape index (κ3) is 8.89. The fraction of sp³-hybridized carbons (Fsp3) is 0.611. The predicted octanol–water partition coefficient (Wildman–Crippen LogP) is 2.70. The Balaban J connectivity index is 2.34. The molecule has 146 valence electrons. The molecule has 0 bridgehead atoms. The number of hydrogen-bond donors (Lipinski definition) is 2. The minimum absolute atomic E-state index is 0.306. The lowest BCUT2D eigenvalue weighted by molar-refractivity contribution is 0.0264. The normalized spacial score (nSPS) is 11.8. The number of aromatic nitrogens is 1. The number of hydrogen-bond acceptors (Lipinski definition) is 4. The van der Waals surface area contributed by atoms with Crippen LogP contribution in [0, 0.1) is 0 Å². The van der Waals surface area contributed by atoms with Gasteiger partial charge in [0.2, 0.25) is 0 Å². The molecule has 2 N–H and O–H groups in total. The van der Waals surface area contributed by atoms with Crippen molar-refractivity contribution >= 4 is 23.7 Å². The first-order valence-corrected chi connectivity index (χ1v) is 9.16. The summed E-state index contributed by atoms with van der Waals surface area (Å²) in [7, 11) is 1.71. The van der Waals surface area contributed by atoms with Crippen molar-refractivity contribution in [2.45, 2.75) is 39.7 Å². The number of halogens is 1. The molecule has 1 rings (SSSR count). The molecular weight excluding hydrogens is 354 g/mol. The van der Waals surface area contributed by atoms with E-state index in [1.165, 1.54) is 0 Å². The molecule has 1 aromatic heterocycles. The van der Waals surface area contributed by atoms with Gasteiger partial charge in [-0.2, -0.15) is 0 Å². The molecule has 0 saturated heterocycles. The summed E-state index contributed by atoms with van der Waals surface area (Å²) in [6.07, 6.45) is 2.27. The highest BCUT2D eigenvalue weighted by Gasteiger charge is 2.20. The zero-order valence-electron chi connectivity index (χ0n) is 16.3. The van der Waals surface area contributed by atoms with Gasteiger partial charge < -0.3 is 20.3 Å². The SMILES string of the molecule is CCN(CCNC(=NC)NCCc1ccc(Cl)nc1)C(=O)OC(C)(C)C. The van der Waals surface area contributed by atoms with Crippen LogP contribution in [0.3, 0.4) is 0 Å². The molecule has 7 nitrogen and oxygen atoms in total. The van der Waals surface area contributed by atoms with Crippen LogP contribution in [0.5, 0.6) is 0 Å². The molecule has 26 heavy (non-hydrogen) atoms. The second-order valence-corrected chi connectivity index (χ2v) is 7.11. The third-order valence-corrected chi connectivity index (χ3v) is 3.65. The zero-order chi connectivity index (χ0) is 19.6. The number of amides is 1. The summed E-state index contributed by atoms with van der Waals surface area (Å²) >= 11 is 5.78. The van der Waals surface area contributed by atoms with Crippen molar-refractivity contribution in [3.8, 4) is 0 Å². The molecule has 0 saturated carbocycles. The maximum atomic E-state index is 12.1. The zero-order valence-corrected chi connectivity index (χ0v) is 17.1. The summed E-state index contributed by atoms with van der Waals surface area (Å²) < 4.78 is 5.39. The van der Waals surface area contributed by atoms with Gasteiger partial charge in [0.25, 0.3) is 0 Å². The summed E-state index contributed by atoms with van der Waals surface area (Å²) in [5, 5.41) is 6.93. The number of guanidine groups is 1. The van der Waals surface area contributed by atoms with E-state index >= 15 is 0 Å². The summed E-state index contributed by atoms with van der Waals surface area (Å²) in [4.78, 5) is 22.0. The minimum atomic E-state index is -0.494. The molecule has 0 unspecified atom stereocenters. The highest BCUT2D eigenvalue weighted by molar-refractivity contribution is 6.29. The van der Waals surface area contributed by atoms with Crippen molar-refractivity contribution in [3.05, 3.63) is 29.0 Å². The molecule has 0 radical (unpaired) electrons. The van der Waals surface area contributed by atoms with Crippen LogP contribution in [0.2, 0.25) is 5.15 Å². The smallest absolute Gasteiger partial charge is 0.410 e. The summed E-state index contributed by atoms with van der Waals surface area (Å²) in [6.45, 7) is 9.93. The lowest BCUT2D eigenvalue weighted by Gasteiger charge is -2.26. The maximum absolute atomic E-state index is 12.1. The summed E-state index contributed by atoms with van der Waals surface area (Å²) in [6, 6.07) is 3.73. The first kappa shape index (κ1) is 22.0. The van der Waals surface area contributed by atoms with Gasteiger partial charge in [-0.3, -0.25) is 4.99 Å². The molecule has 0 aliphatic rings. The van der Waals surface area contributed by atoms with Gasteiger partial charge in [0, 0.05) is 39.4 Å². The van der Waals surface area contributed by atoms with E-state index in [0.717, 1.165) is 12.0 Å². The number of carbonyl (C=O) groups is 1. The van der Waals surface area contributed by atoms with Crippen molar-refractivity contribution in [1.29, 1.82) is 0 Å². The molecule has 1 heterocycles. The van der Waals surface area contributed by atoms with E-state index in [4.69, 9.17) is 16.3 Å². The van der Waals surface area contributed by atoms with E-state index in [9.17, 15) is 4.79 Å². The van der Waals surface area contributed by atoms with E-state index in [1.54, 1.807) is 24.2 Å². The number of carbonyl (C=O) groups excluding carboxylic acids is 1. The summed E-state index contributed by atoms with van der Waals surface area (Å²) in [5.41, 5.74) is 0.603. The average Bonchev–Trinajstić information content (AvgIpc) is 2.57. The quantitative estimate of drug-likeness (QED) is 0.430. The third-order valence-electron chi connectivity index (χ3n) is 3.43. The van der Waals surface area contributed by atoms with Gasteiger partial charge in [-0.15, -0.1) is 0 Å². The van der Waals surface area contributed by atoms with E-state index in [-0.39, 0.29) is 6.09 Å². The van der Waals surface area contributed by atoms with E-state index in [0.29, 0.717) is 37.3 Å². The molecule has 0 spiro atoms. The number of likely N-dealkylation sites (N-methyl/N-ethyl adjacent to an activating group) is 1. The van der Waals surface area contributed by atoms with Crippen LogP contribution in [0.25, 0.3) is 0 Å². The van der Waals surface area contributed by atoms with Gasteiger partial charge in [-0.25, -0.2) is 9.78 Å². The van der Waals surface area contributed by atoms with Crippen molar-refractivity contribution in [1.82, 2.24) is 20.5 Å². The monoisotopic (exact) mass is 383 g/mol. The van der Waals surface area contributed by atoms with Gasteiger partial charge in [0.1, 0.15) is 10.8 Å². The molecule has 0 aliphatic heterocycles. The second kappa shape index (κ2) is 10.9. The molecule has 1 amide bonds. The van der Waals surface area contributed by atoms with Crippen LogP contribution < -0.4 is 10.6 Å². The van der Waals surface area contributed by atoms with Crippen LogP contribution >= 0.6 is 11.6 Å². The van der Waals surface area contributed by atoms with Gasteiger partial charge in [-0.1, -0.05) is 17.7 Å². The molecule has 1 aromatic rings. The van der Waals surface area contributed by atoms with Crippen LogP contribution in [0.1, 0.15) is 33.3 Å². The van der Waals surface area contributed by atoms with E-state index < -0.39 is 5.60 Å². The minimum Gasteiger partial charge on any atom is -0.444 e. The van der Waals surface area contributed by atoms with Gasteiger partial charge in [0.05, 0.1) is 0 Å². The van der Waals surface area contributed by atoms with Crippen molar-refractivity contribution < 1.29 is 9.53 Å². The Labute approximate surface area is 161 Å². The average molecular weight is 384 g/mol. The highest BCUT2D eigenvalue weighted by atomic mass is 35.5. The molecular formula is C18H30ClN5O2. The molecule has 0 fully saturated rings. The van der Waals surface area contributed by atoms with Crippen molar-refractivity contribution in [2.75, 3.05) is 33.2 Å². The van der Waals surface area contributed by atoms with Gasteiger partial charge in [0.15, 0.2) is 5.96 Å². The Hall–Kier alpha value is -2.02. The Morgan fingerprint density at radius 2 is 2.00 bits per heavy atom. The molecule has 0 aromatic carbocycles. The predicted molar refractivity (Wildman–Crippen MR) is 106 cm³/mol. The fourth-order valence-corrected chi connectivity index (χ4v) is 2.23.